The van der Waals surface area contributed by atoms with Gasteiger partial charge in [-0.25, -0.2) is 4.39 Å². The number of hydrogen-bond donors (Lipinski definition) is 2. The number of carbonyl (C=O) groups excluding carboxylic acids is 1. The maximum absolute atomic E-state index is 14.7. The average molecular weight is 447 g/mol. The average Bonchev–Trinajstić information content (AvgIpc) is 2.99. The van der Waals surface area contributed by atoms with Crippen molar-refractivity contribution in [3.8, 4) is 0 Å². The van der Waals surface area contributed by atoms with Crippen LogP contribution in [0.5, 0.6) is 0 Å². The van der Waals surface area contributed by atoms with E-state index in [0.29, 0.717) is 5.75 Å². The van der Waals surface area contributed by atoms with Gasteiger partial charge in [-0.1, -0.05) is 43.0 Å². The molecule has 3 nitrogen and oxygen atoms in total. The minimum atomic E-state index is -0.455. The second kappa shape index (κ2) is 10.2. The summed E-state index contributed by atoms with van der Waals surface area (Å²) in [6.07, 6.45) is 7.40. The topological polar surface area (TPSA) is 41.1 Å². The Kier molecular flexibility index (Phi) is 7.34. The molecule has 0 aromatic heterocycles. The van der Waals surface area contributed by atoms with Crippen molar-refractivity contribution < 1.29 is 9.18 Å². The zero-order chi connectivity index (χ0) is 20.9. The lowest BCUT2D eigenvalue weighted by Gasteiger charge is -2.22. The highest BCUT2D eigenvalue weighted by atomic mass is 35.5. The van der Waals surface area contributed by atoms with Gasteiger partial charge in [-0.15, -0.1) is 11.8 Å². The molecule has 0 bridgehead atoms. The van der Waals surface area contributed by atoms with Crippen molar-refractivity contribution in [3.05, 3.63) is 63.4 Å². The maximum Gasteiger partial charge on any atom is 0.254 e. The number of hydrogen-bond acceptors (Lipinski definition) is 3. The molecular weight excluding hydrogens is 419 g/mol. The maximum atomic E-state index is 14.7. The van der Waals surface area contributed by atoms with E-state index in [-0.39, 0.29) is 17.5 Å². The molecule has 0 saturated heterocycles. The molecule has 30 heavy (non-hydrogen) atoms. The zero-order valence-electron chi connectivity index (χ0n) is 17.1. The number of fused-ring (bicyclic) bond motifs is 1. The summed E-state index contributed by atoms with van der Waals surface area (Å²) in [6.45, 7) is 1.93. The Morgan fingerprint density at radius 2 is 1.93 bits per heavy atom. The number of nitrogens with one attached hydrogen (secondary N) is 2. The van der Waals surface area contributed by atoms with Gasteiger partial charge in [-0.3, -0.25) is 4.79 Å². The fourth-order valence-electron chi connectivity index (χ4n) is 4.36. The third-order valence-corrected chi connectivity index (χ3v) is 7.69. The van der Waals surface area contributed by atoms with Gasteiger partial charge in [0.1, 0.15) is 5.82 Å². The van der Waals surface area contributed by atoms with Crippen molar-refractivity contribution >= 4 is 29.3 Å². The Balaban J connectivity index is 1.44. The van der Waals surface area contributed by atoms with Crippen molar-refractivity contribution in [3.63, 3.8) is 0 Å². The van der Waals surface area contributed by atoms with Gasteiger partial charge in [0.2, 0.25) is 0 Å². The molecule has 2 aromatic carbocycles. The van der Waals surface area contributed by atoms with E-state index in [1.807, 2.05) is 12.1 Å². The highest BCUT2D eigenvalue weighted by Gasteiger charge is 2.20. The SMILES string of the molecule is O=C(NC1CCCCC1)c1ccc(CSc2c(Cl)ccc3c2CCNCC3)cc1F. The molecule has 0 atom stereocenters. The predicted octanol–water partition coefficient (Wildman–Crippen LogP) is 5.52. The molecule has 6 heteroatoms. The van der Waals surface area contributed by atoms with Crippen LogP contribution in [0, 0.1) is 5.82 Å². The highest BCUT2D eigenvalue weighted by Crippen LogP contribution is 2.36. The summed E-state index contributed by atoms with van der Waals surface area (Å²) in [5.41, 5.74) is 3.63. The highest BCUT2D eigenvalue weighted by molar-refractivity contribution is 7.98. The van der Waals surface area contributed by atoms with Gasteiger partial charge in [0, 0.05) is 16.7 Å². The van der Waals surface area contributed by atoms with E-state index >= 15 is 0 Å². The summed E-state index contributed by atoms with van der Waals surface area (Å²) in [7, 11) is 0. The standard InChI is InChI=1S/C24H28ClFN2OS/c25-21-9-7-17-10-12-27-13-11-19(17)23(21)30-15-16-6-8-20(22(26)14-16)24(29)28-18-4-2-1-3-5-18/h6-9,14,18,27H,1-5,10-13,15H2,(H,28,29). The van der Waals surface area contributed by atoms with Gasteiger partial charge >= 0.3 is 0 Å². The van der Waals surface area contributed by atoms with E-state index in [9.17, 15) is 9.18 Å². The Morgan fingerprint density at radius 3 is 2.73 bits per heavy atom. The van der Waals surface area contributed by atoms with E-state index in [2.05, 4.69) is 16.7 Å². The molecule has 0 spiro atoms. The molecule has 1 heterocycles. The molecule has 2 aliphatic rings. The number of benzene rings is 2. The molecule has 2 aromatic rings. The van der Waals surface area contributed by atoms with Crippen LogP contribution in [0.2, 0.25) is 5.02 Å². The van der Waals surface area contributed by atoms with Crippen molar-refractivity contribution in [1.29, 1.82) is 0 Å². The first-order valence-corrected chi connectivity index (χ1v) is 12.2. The van der Waals surface area contributed by atoms with Crippen LogP contribution in [0.1, 0.15) is 59.2 Å². The minimum absolute atomic E-state index is 0.131. The summed E-state index contributed by atoms with van der Waals surface area (Å²) in [5.74, 6) is -0.142. The smallest absolute Gasteiger partial charge is 0.254 e. The van der Waals surface area contributed by atoms with Crippen molar-refractivity contribution in [1.82, 2.24) is 10.6 Å². The second-order valence-electron chi connectivity index (χ2n) is 8.18. The van der Waals surface area contributed by atoms with Crippen LogP contribution in [-0.4, -0.2) is 25.0 Å². The van der Waals surface area contributed by atoms with E-state index < -0.39 is 5.82 Å². The van der Waals surface area contributed by atoms with Crippen LogP contribution in [0.4, 0.5) is 4.39 Å². The summed E-state index contributed by atoms with van der Waals surface area (Å²) in [5, 5.41) is 7.18. The molecule has 1 aliphatic carbocycles. The summed E-state index contributed by atoms with van der Waals surface area (Å²) < 4.78 is 14.7. The van der Waals surface area contributed by atoms with Gasteiger partial charge < -0.3 is 10.6 Å². The summed E-state index contributed by atoms with van der Waals surface area (Å²) >= 11 is 8.15. The Labute approximate surface area is 187 Å². The first-order valence-electron chi connectivity index (χ1n) is 10.8. The molecule has 1 aliphatic heterocycles. The Bertz CT molecular complexity index is 914. The van der Waals surface area contributed by atoms with E-state index in [1.54, 1.807) is 17.8 Å². The van der Waals surface area contributed by atoms with Crippen molar-refractivity contribution in [2.45, 2.75) is 61.6 Å². The van der Waals surface area contributed by atoms with E-state index in [0.717, 1.165) is 67.1 Å². The summed E-state index contributed by atoms with van der Waals surface area (Å²) in [4.78, 5) is 13.6. The fourth-order valence-corrected chi connectivity index (χ4v) is 5.81. The number of halogens is 2. The lowest BCUT2D eigenvalue weighted by molar-refractivity contribution is 0.0923. The monoisotopic (exact) mass is 446 g/mol. The number of rotatable bonds is 5. The first-order chi connectivity index (χ1) is 14.6. The predicted molar refractivity (Wildman–Crippen MR) is 122 cm³/mol. The quantitative estimate of drug-likeness (QED) is 0.594. The van der Waals surface area contributed by atoms with Gasteiger partial charge in [0.05, 0.1) is 10.6 Å². The number of thioether (sulfide) groups is 1. The zero-order valence-corrected chi connectivity index (χ0v) is 18.7. The van der Waals surface area contributed by atoms with Crippen LogP contribution >= 0.6 is 23.4 Å². The Hall–Kier alpha value is -1.56. The van der Waals surface area contributed by atoms with Crippen LogP contribution in [0.15, 0.2) is 35.2 Å². The molecule has 0 unspecified atom stereocenters. The molecule has 160 valence electrons. The first kappa shape index (κ1) is 21.7. The number of carbonyl (C=O) groups is 1. The van der Waals surface area contributed by atoms with Crippen LogP contribution in [-0.2, 0) is 18.6 Å². The lowest BCUT2D eigenvalue weighted by Crippen LogP contribution is -2.36. The Morgan fingerprint density at radius 1 is 1.13 bits per heavy atom. The van der Waals surface area contributed by atoms with Gasteiger partial charge in [-0.2, -0.15) is 0 Å². The van der Waals surface area contributed by atoms with Crippen LogP contribution in [0.3, 0.4) is 0 Å². The van der Waals surface area contributed by atoms with Crippen molar-refractivity contribution in [2.75, 3.05) is 13.1 Å². The molecule has 4 rings (SSSR count). The largest absolute Gasteiger partial charge is 0.349 e. The third-order valence-electron chi connectivity index (χ3n) is 6.03. The minimum Gasteiger partial charge on any atom is -0.349 e. The number of amides is 1. The van der Waals surface area contributed by atoms with Crippen molar-refractivity contribution in [2.24, 2.45) is 0 Å². The second-order valence-corrected chi connectivity index (χ2v) is 9.57. The van der Waals surface area contributed by atoms with E-state index in [4.69, 9.17) is 11.6 Å². The van der Waals surface area contributed by atoms with Crippen LogP contribution < -0.4 is 10.6 Å². The molecule has 1 amide bonds. The van der Waals surface area contributed by atoms with Gasteiger partial charge in [0.25, 0.3) is 5.91 Å². The molecule has 1 fully saturated rings. The fraction of sp³-hybridized carbons (Fsp3) is 0.458. The molecule has 2 N–H and O–H groups in total. The summed E-state index contributed by atoms with van der Waals surface area (Å²) in [6, 6.07) is 9.20. The third kappa shape index (κ3) is 5.19. The van der Waals surface area contributed by atoms with Gasteiger partial charge in [-0.05, 0) is 73.7 Å². The normalized spacial score (nSPS) is 17.3. The van der Waals surface area contributed by atoms with Crippen LogP contribution in [0.25, 0.3) is 0 Å². The van der Waals surface area contributed by atoms with Gasteiger partial charge in [0.15, 0.2) is 0 Å². The molecule has 1 saturated carbocycles. The lowest BCUT2D eigenvalue weighted by atomic mass is 9.95. The molecular formula is C24H28ClFN2OS. The molecule has 0 radical (unpaired) electrons. The van der Waals surface area contributed by atoms with E-state index in [1.165, 1.54) is 23.6 Å².